The van der Waals surface area contributed by atoms with E-state index in [1.807, 2.05) is 71.1 Å². The number of aryl methyl sites for hydroxylation is 1. The topological polar surface area (TPSA) is 75.5 Å². The molecule has 0 spiro atoms. The number of ether oxygens (including phenoxy) is 1. The molecule has 8 nitrogen and oxygen atoms in total. The number of aromatic nitrogens is 3. The van der Waals surface area contributed by atoms with Gasteiger partial charge in [-0.25, -0.2) is 0 Å². The molecule has 0 saturated carbocycles. The highest BCUT2D eigenvalue weighted by Crippen LogP contribution is 2.30. The molecular weight excluding hydrogens is 462 g/mol. The number of benzene rings is 2. The Morgan fingerprint density at radius 1 is 0.971 bits per heavy atom. The van der Waals surface area contributed by atoms with Crippen molar-refractivity contribution < 1.29 is 14.3 Å². The summed E-state index contributed by atoms with van der Waals surface area (Å²) in [6, 6.07) is 17.3. The van der Waals surface area contributed by atoms with E-state index < -0.39 is 0 Å². The average molecular weight is 490 g/mol. The molecule has 1 unspecified atom stereocenters. The van der Waals surface area contributed by atoms with Crippen LogP contribution in [-0.4, -0.2) is 62.5 Å². The summed E-state index contributed by atoms with van der Waals surface area (Å²) in [7, 11) is 5.30. The minimum absolute atomic E-state index is 0.0661. The number of imidazole rings is 1. The van der Waals surface area contributed by atoms with Crippen LogP contribution >= 0.6 is 12.2 Å². The first-order valence-corrected chi connectivity index (χ1v) is 11.8. The van der Waals surface area contributed by atoms with Crippen LogP contribution in [0, 0.1) is 4.77 Å². The van der Waals surface area contributed by atoms with E-state index in [9.17, 15) is 9.59 Å². The van der Waals surface area contributed by atoms with E-state index in [0.717, 1.165) is 22.2 Å². The summed E-state index contributed by atoms with van der Waals surface area (Å²) in [5.74, 6) is 0.570. The summed E-state index contributed by atoms with van der Waals surface area (Å²) in [6.07, 6.45) is 1.64. The Balaban J connectivity index is 1.49. The quantitative estimate of drug-likeness (QED) is 0.441. The van der Waals surface area contributed by atoms with Crippen molar-refractivity contribution in [1.82, 2.24) is 23.9 Å². The highest BCUT2D eigenvalue weighted by atomic mass is 32.1. The molecule has 2 amide bonds. The monoisotopic (exact) mass is 489 g/mol. The second kappa shape index (κ2) is 9.07. The molecule has 1 aliphatic heterocycles. The molecule has 4 aromatic rings. The van der Waals surface area contributed by atoms with Crippen molar-refractivity contribution in [1.29, 1.82) is 0 Å². The third-order valence-corrected chi connectivity index (χ3v) is 7.19. The number of hydrogen-bond donors (Lipinski definition) is 1. The minimum atomic E-state index is -0.277. The van der Waals surface area contributed by atoms with E-state index in [1.165, 1.54) is 0 Å². The van der Waals surface area contributed by atoms with Crippen LogP contribution in [-0.2, 0) is 14.1 Å². The maximum absolute atomic E-state index is 13.9. The zero-order valence-corrected chi connectivity index (χ0v) is 20.7. The first-order chi connectivity index (χ1) is 16.9. The van der Waals surface area contributed by atoms with E-state index in [4.69, 9.17) is 17.0 Å². The maximum atomic E-state index is 13.9. The largest absolute Gasteiger partial charge is 0.497 e. The number of H-pyrrole nitrogens is 1. The van der Waals surface area contributed by atoms with Crippen molar-refractivity contribution in [3.8, 4) is 5.75 Å². The second-order valence-electron chi connectivity index (χ2n) is 8.73. The molecule has 2 aromatic heterocycles. The Labute approximate surface area is 208 Å². The molecule has 0 bridgehead atoms. The molecule has 1 saturated heterocycles. The van der Waals surface area contributed by atoms with Crippen LogP contribution in [0.1, 0.15) is 32.6 Å². The van der Waals surface area contributed by atoms with Gasteiger partial charge in [-0.2, -0.15) is 0 Å². The lowest BCUT2D eigenvalue weighted by atomic mass is 10.0. The van der Waals surface area contributed by atoms with E-state index in [1.54, 1.807) is 29.8 Å². The molecule has 0 radical (unpaired) electrons. The van der Waals surface area contributed by atoms with Gasteiger partial charge in [0.25, 0.3) is 11.8 Å². The van der Waals surface area contributed by atoms with Gasteiger partial charge in [-0.15, -0.1) is 0 Å². The second-order valence-corrected chi connectivity index (χ2v) is 9.11. The zero-order valence-electron chi connectivity index (χ0n) is 19.9. The Bertz CT molecular complexity index is 1470. The Hall–Kier alpha value is -3.85. The number of carbonyl (C=O) groups excluding carboxylic acids is 2. The van der Waals surface area contributed by atoms with Gasteiger partial charge in [0.2, 0.25) is 0 Å². The standard InChI is InChI=1S/C26H27N5O3S/c1-28-20-14-19(34-3)10-9-18(20)13-21(28)25(33)31-12-11-30(16-23(31)17-7-5-4-6-8-17)24(32)22-15-27-26(35)29(22)2/h4-10,13-15,23H,11-12,16H2,1-3H3,(H,27,35). The predicted octanol–water partition coefficient (Wildman–Crippen LogP) is 3.92. The summed E-state index contributed by atoms with van der Waals surface area (Å²) in [6.45, 7) is 1.25. The SMILES string of the molecule is COc1ccc2cc(C(=O)N3CCN(C(=O)c4c[nH]c(=S)n4C)CC3c3ccccc3)n(C)c2c1. The summed E-state index contributed by atoms with van der Waals surface area (Å²) >= 11 is 5.23. The first-order valence-electron chi connectivity index (χ1n) is 11.4. The highest BCUT2D eigenvalue weighted by molar-refractivity contribution is 7.71. The van der Waals surface area contributed by atoms with Crippen molar-refractivity contribution in [3.05, 3.63) is 82.5 Å². The normalized spacial score (nSPS) is 16.0. The van der Waals surface area contributed by atoms with Crippen molar-refractivity contribution in [2.24, 2.45) is 14.1 Å². The summed E-state index contributed by atoms with van der Waals surface area (Å²) in [5.41, 5.74) is 3.02. The van der Waals surface area contributed by atoms with Gasteiger partial charge in [-0.05, 0) is 36.0 Å². The number of rotatable bonds is 4. The molecule has 0 aliphatic carbocycles. The van der Waals surface area contributed by atoms with Crippen LogP contribution < -0.4 is 4.74 Å². The number of hydrogen-bond acceptors (Lipinski definition) is 4. The van der Waals surface area contributed by atoms with Crippen molar-refractivity contribution in [3.63, 3.8) is 0 Å². The van der Waals surface area contributed by atoms with E-state index in [2.05, 4.69) is 4.98 Å². The molecule has 3 heterocycles. The van der Waals surface area contributed by atoms with E-state index >= 15 is 0 Å². The van der Waals surface area contributed by atoms with Gasteiger partial charge in [0, 0.05) is 51.4 Å². The predicted molar refractivity (Wildman–Crippen MR) is 136 cm³/mol. The van der Waals surface area contributed by atoms with Gasteiger partial charge < -0.3 is 28.7 Å². The average Bonchev–Trinajstić information content (AvgIpc) is 3.41. The Kier molecular flexibility index (Phi) is 5.94. The van der Waals surface area contributed by atoms with Crippen molar-refractivity contribution in [2.45, 2.75) is 6.04 Å². The number of methoxy groups -OCH3 is 1. The summed E-state index contributed by atoms with van der Waals surface area (Å²) < 4.78 is 9.44. The molecule has 1 fully saturated rings. The van der Waals surface area contributed by atoms with Crippen molar-refractivity contribution >= 4 is 34.9 Å². The molecule has 9 heteroatoms. The highest BCUT2D eigenvalue weighted by Gasteiger charge is 2.35. The number of amides is 2. The fourth-order valence-electron chi connectivity index (χ4n) is 4.76. The number of piperazine rings is 1. The molecule has 1 aliphatic rings. The fraction of sp³-hybridized carbons (Fsp3) is 0.269. The lowest BCUT2D eigenvalue weighted by molar-refractivity contribution is 0.0373. The Morgan fingerprint density at radius 2 is 1.74 bits per heavy atom. The van der Waals surface area contributed by atoms with E-state index in [-0.39, 0.29) is 17.9 Å². The van der Waals surface area contributed by atoms with Crippen LogP contribution in [0.15, 0.2) is 60.8 Å². The number of aromatic amines is 1. The maximum Gasteiger partial charge on any atom is 0.272 e. The van der Waals surface area contributed by atoms with Gasteiger partial charge >= 0.3 is 0 Å². The fourth-order valence-corrected chi connectivity index (χ4v) is 4.92. The minimum Gasteiger partial charge on any atom is -0.497 e. The third-order valence-electron chi connectivity index (χ3n) is 6.80. The number of fused-ring (bicyclic) bond motifs is 1. The molecule has 180 valence electrons. The lowest BCUT2D eigenvalue weighted by Crippen LogP contribution is -2.52. The molecule has 2 aromatic carbocycles. The summed E-state index contributed by atoms with van der Waals surface area (Å²) in [5, 5.41) is 0.974. The molecule has 35 heavy (non-hydrogen) atoms. The molecule has 1 N–H and O–H groups in total. The number of nitrogens with zero attached hydrogens (tertiary/aromatic N) is 4. The Morgan fingerprint density at radius 3 is 2.43 bits per heavy atom. The van der Waals surface area contributed by atoms with Gasteiger partial charge in [0.1, 0.15) is 17.1 Å². The van der Waals surface area contributed by atoms with Crippen LogP contribution in [0.25, 0.3) is 10.9 Å². The van der Waals surface area contributed by atoms with Gasteiger partial charge in [-0.1, -0.05) is 30.3 Å². The van der Waals surface area contributed by atoms with Crippen LogP contribution in [0.3, 0.4) is 0 Å². The van der Waals surface area contributed by atoms with Gasteiger partial charge in [0.05, 0.1) is 18.7 Å². The van der Waals surface area contributed by atoms with Gasteiger partial charge in [-0.3, -0.25) is 9.59 Å². The first kappa shape index (κ1) is 22.9. The smallest absolute Gasteiger partial charge is 0.272 e. The molecule has 1 atom stereocenters. The number of carbonyl (C=O) groups is 2. The number of nitrogens with one attached hydrogen (secondary N) is 1. The molecular formula is C26H27N5O3S. The lowest BCUT2D eigenvalue weighted by Gasteiger charge is -2.41. The van der Waals surface area contributed by atoms with Crippen LogP contribution in [0.4, 0.5) is 0 Å². The summed E-state index contributed by atoms with van der Waals surface area (Å²) in [4.78, 5) is 33.8. The zero-order chi connectivity index (χ0) is 24.7. The van der Waals surface area contributed by atoms with Gasteiger partial charge in [0.15, 0.2) is 4.77 Å². The third kappa shape index (κ3) is 4.01. The molecule has 5 rings (SSSR count). The van der Waals surface area contributed by atoms with Crippen LogP contribution in [0.5, 0.6) is 5.75 Å². The van der Waals surface area contributed by atoms with Crippen molar-refractivity contribution in [2.75, 3.05) is 26.7 Å². The van der Waals surface area contributed by atoms with Crippen LogP contribution in [0.2, 0.25) is 0 Å². The van der Waals surface area contributed by atoms with E-state index in [0.29, 0.717) is 35.8 Å².